The molecular formula is C38H43ClN8. The van der Waals surface area contributed by atoms with E-state index < -0.39 is 0 Å². The summed E-state index contributed by atoms with van der Waals surface area (Å²) in [7, 11) is 0. The smallest absolute Gasteiger partial charge is 0.103 e. The van der Waals surface area contributed by atoms with Gasteiger partial charge in [-0.1, -0.05) is 66.2 Å². The molecule has 0 spiro atoms. The fourth-order valence-electron chi connectivity index (χ4n) is 7.32. The van der Waals surface area contributed by atoms with Crippen LogP contribution in [0.3, 0.4) is 0 Å². The number of likely N-dealkylation sites (tertiary alicyclic amines) is 1. The number of hydrogen-bond acceptors (Lipinski definition) is 8. The standard InChI is InChI=1S/C38H43ClN8/c1-38(2,3)46-18-16-29(17-19-46)47-24-34(44-45-47)36(26-11-5-4-6-12-26)42-28-20-31-35(27(22-40)23-41-37(31)32(39)21-28)43-33-15-9-13-25-10-7-8-14-30(25)33/h4-8,10-12,14,20-21,23-24,29,33,36,42,44-45H,9,13,15-19H2,1-3H3,(H,41,43)/t33-,36-/m0/s1. The summed E-state index contributed by atoms with van der Waals surface area (Å²) in [6.45, 7) is 9.03. The summed E-state index contributed by atoms with van der Waals surface area (Å²) in [5, 5.41) is 21.3. The summed E-state index contributed by atoms with van der Waals surface area (Å²) in [5.74, 6) is 0. The van der Waals surface area contributed by atoms with Crippen LogP contribution < -0.4 is 21.6 Å². The zero-order valence-corrected chi connectivity index (χ0v) is 28.1. The van der Waals surface area contributed by atoms with Gasteiger partial charge in [-0.05, 0) is 81.7 Å². The lowest BCUT2D eigenvalue weighted by molar-refractivity contribution is 0.0570. The molecule has 1 fully saturated rings. The maximum Gasteiger partial charge on any atom is 0.103 e. The number of piperidine rings is 1. The van der Waals surface area contributed by atoms with E-state index in [9.17, 15) is 5.26 Å². The highest BCUT2D eigenvalue weighted by atomic mass is 35.5. The van der Waals surface area contributed by atoms with Crippen LogP contribution in [-0.2, 0) is 6.42 Å². The van der Waals surface area contributed by atoms with Crippen molar-refractivity contribution in [2.75, 3.05) is 23.7 Å². The Balaban J connectivity index is 1.20. The monoisotopic (exact) mass is 646 g/mol. The van der Waals surface area contributed by atoms with Crippen molar-refractivity contribution in [1.29, 1.82) is 5.26 Å². The van der Waals surface area contributed by atoms with Crippen molar-refractivity contribution in [3.63, 3.8) is 0 Å². The molecule has 1 aromatic heterocycles. The average molecular weight is 647 g/mol. The summed E-state index contributed by atoms with van der Waals surface area (Å²) in [6.07, 6.45) is 9.17. The van der Waals surface area contributed by atoms with Gasteiger partial charge in [0.15, 0.2) is 0 Å². The molecule has 3 aromatic carbocycles. The summed E-state index contributed by atoms with van der Waals surface area (Å²) in [5.41, 5.74) is 14.7. The number of pyridine rings is 1. The summed E-state index contributed by atoms with van der Waals surface area (Å²) in [6, 6.07) is 25.7. The van der Waals surface area contributed by atoms with Crippen LogP contribution >= 0.6 is 11.6 Å². The van der Waals surface area contributed by atoms with E-state index in [2.05, 4.69) is 124 Å². The van der Waals surface area contributed by atoms with Crippen molar-refractivity contribution in [2.45, 2.75) is 76.5 Å². The minimum atomic E-state index is -0.175. The summed E-state index contributed by atoms with van der Waals surface area (Å²) >= 11 is 6.94. The molecule has 3 aliphatic rings. The highest BCUT2D eigenvalue weighted by Crippen LogP contribution is 2.39. The highest BCUT2D eigenvalue weighted by Gasteiger charge is 2.32. The number of fused-ring (bicyclic) bond motifs is 2. The Morgan fingerprint density at radius 1 is 1.02 bits per heavy atom. The lowest BCUT2D eigenvalue weighted by Crippen LogP contribution is -2.52. The summed E-state index contributed by atoms with van der Waals surface area (Å²) < 4.78 is 0. The number of nitrogens with zero attached hydrogens (tertiary/aromatic N) is 4. The number of halogens is 1. The topological polar surface area (TPSA) is 91.3 Å². The maximum atomic E-state index is 10.2. The number of nitriles is 1. The number of rotatable bonds is 7. The van der Waals surface area contributed by atoms with E-state index in [1.54, 1.807) is 6.20 Å². The molecule has 8 nitrogen and oxygen atoms in total. The van der Waals surface area contributed by atoms with Gasteiger partial charge in [-0.25, -0.2) is 0 Å². The largest absolute Gasteiger partial charge is 0.377 e. The van der Waals surface area contributed by atoms with Crippen LogP contribution in [0.4, 0.5) is 11.4 Å². The predicted octanol–water partition coefficient (Wildman–Crippen LogP) is 7.83. The van der Waals surface area contributed by atoms with Crippen molar-refractivity contribution < 1.29 is 0 Å². The number of aromatic nitrogens is 1. The Morgan fingerprint density at radius 2 is 1.79 bits per heavy atom. The molecular weight excluding hydrogens is 604 g/mol. The van der Waals surface area contributed by atoms with Crippen LogP contribution in [0, 0.1) is 11.3 Å². The van der Waals surface area contributed by atoms with E-state index in [0.29, 0.717) is 22.1 Å². The quantitative estimate of drug-likeness (QED) is 0.162. The molecule has 7 rings (SSSR count). The van der Waals surface area contributed by atoms with Gasteiger partial charge >= 0.3 is 0 Å². The molecule has 2 atom stereocenters. The van der Waals surface area contributed by atoms with Gasteiger partial charge in [-0.15, -0.1) is 5.53 Å². The number of hydrazine groups is 2. The van der Waals surface area contributed by atoms with Crippen molar-refractivity contribution in [3.8, 4) is 6.07 Å². The molecule has 3 heterocycles. The van der Waals surface area contributed by atoms with E-state index in [1.807, 2.05) is 12.1 Å². The van der Waals surface area contributed by atoms with Crippen molar-refractivity contribution >= 4 is 33.9 Å². The van der Waals surface area contributed by atoms with Crippen molar-refractivity contribution in [2.24, 2.45) is 0 Å². The highest BCUT2D eigenvalue weighted by molar-refractivity contribution is 6.35. The van der Waals surface area contributed by atoms with Crippen LogP contribution in [0.2, 0.25) is 5.02 Å². The molecule has 47 heavy (non-hydrogen) atoms. The van der Waals surface area contributed by atoms with Gasteiger partial charge in [-0.3, -0.25) is 14.9 Å². The molecule has 1 saturated heterocycles. The molecule has 2 aliphatic heterocycles. The Morgan fingerprint density at radius 3 is 2.55 bits per heavy atom. The maximum absolute atomic E-state index is 10.2. The first-order chi connectivity index (χ1) is 22.8. The minimum absolute atomic E-state index is 0.102. The molecule has 0 unspecified atom stereocenters. The van der Waals surface area contributed by atoms with Crippen LogP contribution in [0.25, 0.3) is 10.9 Å². The Hall–Kier alpha value is -4.29. The first-order valence-corrected chi connectivity index (χ1v) is 17.1. The summed E-state index contributed by atoms with van der Waals surface area (Å²) in [4.78, 5) is 7.19. The van der Waals surface area contributed by atoms with Gasteiger partial charge in [0, 0.05) is 48.1 Å². The van der Waals surface area contributed by atoms with E-state index in [0.717, 1.165) is 73.2 Å². The number of anilines is 2. The zero-order chi connectivity index (χ0) is 32.5. The first kappa shape index (κ1) is 31.3. The minimum Gasteiger partial charge on any atom is -0.377 e. The van der Waals surface area contributed by atoms with Crippen molar-refractivity contribution in [3.05, 3.63) is 112 Å². The predicted molar refractivity (Wildman–Crippen MR) is 191 cm³/mol. The fraction of sp³-hybridized carbons (Fsp3) is 0.368. The fourth-order valence-corrected chi connectivity index (χ4v) is 7.58. The number of benzene rings is 3. The average Bonchev–Trinajstić information content (AvgIpc) is 3.58. The molecule has 242 valence electrons. The van der Waals surface area contributed by atoms with E-state index >= 15 is 0 Å². The molecule has 9 heteroatoms. The Kier molecular flexibility index (Phi) is 8.71. The first-order valence-electron chi connectivity index (χ1n) is 16.7. The second-order valence-corrected chi connectivity index (χ2v) is 14.3. The van der Waals surface area contributed by atoms with Crippen molar-refractivity contribution in [1.82, 2.24) is 25.9 Å². The Bertz CT molecular complexity index is 1820. The third kappa shape index (κ3) is 6.48. The second kappa shape index (κ2) is 13.1. The second-order valence-electron chi connectivity index (χ2n) is 13.9. The Labute approximate surface area is 282 Å². The van der Waals surface area contributed by atoms with E-state index in [1.165, 1.54) is 11.1 Å². The van der Waals surface area contributed by atoms with Crippen LogP contribution in [0.15, 0.2) is 84.8 Å². The lowest BCUT2D eigenvalue weighted by atomic mass is 9.87. The van der Waals surface area contributed by atoms with Crippen LogP contribution in [0.5, 0.6) is 0 Å². The molecule has 0 bridgehead atoms. The molecule has 0 amide bonds. The molecule has 4 N–H and O–H groups in total. The zero-order valence-electron chi connectivity index (χ0n) is 27.4. The van der Waals surface area contributed by atoms with Gasteiger partial charge in [0.1, 0.15) is 6.07 Å². The van der Waals surface area contributed by atoms with E-state index in [4.69, 9.17) is 11.6 Å². The number of aryl methyl sites for hydroxylation is 1. The normalized spacial score (nSPS) is 19.4. The molecule has 0 saturated carbocycles. The number of hydrogen-bond donors (Lipinski definition) is 4. The third-order valence-corrected chi connectivity index (χ3v) is 10.2. The van der Waals surface area contributed by atoms with Gasteiger partial charge in [0.05, 0.1) is 39.6 Å². The molecule has 0 radical (unpaired) electrons. The van der Waals surface area contributed by atoms with Gasteiger partial charge in [0.25, 0.3) is 0 Å². The number of nitrogens with one attached hydrogen (secondary N) is 4. The van der Waals surface area contributed by atoms with E-state index in [-0.39, 0.29) is 17.6 Å². The van der Waals surface area contributed by atoms with Crippen LogP contribution in [0.1, 0.15) is 80.8 Å². The lowest BCUT2D eigenvalue weighted by Gasteiger charge is -2.42. The van der Waals surface area contributed by atoms with Crippen LogP contribution in [-0.4, -0.2) is 39.6 Å². The third-order valence-electron chi connectivity index (χ3n) is 9.90. The molecule has 1 aliphatic carbocycles. The van der Waals surface area contributed by atoms with Gasteiger partial charge < -0.3 is 16.1 Å². The van der Waals surface area contributed by atoms with Gasteiger partial charge in [-0.2, -0.15) is 5.26 Å². The molecule has 4 aromatic rings. The SMILES string of the molecule is CC(C)(C)N1CCC(N2C=C([C@@H](Nc3cc(Cl)c4ncc(C#N)c(N[C@H]5CCCc6ccccc65)c4c3)c3ccccc3)NN2)CC1. The van der Waals surface area contributed by atoms with Gasteiger partial charge in [0.2, 0.25) is 0 Å².